The lowest BCUT2D eigenvalue weighted by Gasteiger charge is -2.45. The van der Waals surface area contributed by atoms with Crippen LogP contribution >= 0.6 is 11.6 Å². The molecule has 1 aromatic carbocycles. The summed E-state index contributed by atoms with van der Waals surface area (Å²) in [5.41, 5.74) is 9.10. The zero-order chi connectivity index (χ0) is 18.0. The van der Waals surface area contributed by atoms with Crippen LogP contribution in [-0.4, -0.2) is 60.0 Å². The lowest BCUT2D eigenvalue weighted by atomic mass is 9.96. The van der Waals surface area contributed by atoms with Crippen molar-refractivity contribution >= 4 is 17.3 Å². The van der Waals surface area contributed by atoms with Crippen LogP contribution in [0.1, 0.15) is 30.9 Å². The molecule has 1 unspecified atom stereocenters. The van der Waals surface area contributed by atoms with Crippen LogP contribution in [0.3, 0.4) is 0 Å². The summed E-state index contributed by atoms with van der Waals surface area (Å²) in [6.07, 6.45) is 1.55. The molecule has 0 spiro atoms. The lowest BCUT2D eigenvalue weighted by molar-refractivity contribution is -0.108. The smallest absolute Gasteiger partial charge is 0.110 e. The lowest BCUT2D eigenvalue weighted by Crippen LogP contribution is -2.57. The zero-order valence-electron chi connectivity index (χ0n) is 15.2. The highest BCUT2D eigenvalue weighted by molar-refractivity contribution is 6.31. The van der Waals surface area contributed by atoms with Crippen LogP contribution in [0.5, 0.6) is 0 Å². The summed E-state index contributed by atoms with van der Waals surface area (Å²) in [4.78, 5) is 4.68. The standard InChI is InChI=1S/C19H30ClN3O2/c1-13-11-22(12-16-9-17(20)10-18(21)14(16)2)5-6-23(13)19(24)15-3-7-25-8-4-15/h9-10,13,15,19,24H,3-8,11-12,21H2,1-2H3/t13-,19?/m0/s1. The summed E-state index contributed by atoms with van der Waals surface area (Å²) in [5.74, 6) is 0.331. The molecule has 2 atom stereocenters. The second-order valence-electron chi connectivity index (χ2n) is 7.46. The van der Waals surface area contributed by atoms with Crippen LogP contribution in [0.25, 0.3) is 0 Å². The molecule has 0 saturated carbocycles. The van der Waals surface area contributed by atoms with E-state index in [0.29, 0.717) is 17.0 Å². The minimum Gasteiger partial charge on any atom is -0.398 e. The number of hydrogen-bond acceptors (Lipinski definition) is 5. The predicted molar refractivity (Wildman–Crippen MR) is 102 cm³/mol. The SMILES string of the molecule is Cc1c(N)cc(Cl)cc1CN1CCN(C(O)C2CCOCC2)[C@@H](C)C1. The first-order valence-electron chi connectivity index (χ1n) is 9.24. The van der Waals surface area contributed by atoms with Gasteiger partial charge in [-0.25, -0.2) is 0 Å². The van der Waals surface area contributed by atoms with Crippen LogP contribution in [0.2, 0.25) is 5.02 Å². The van der Waals surface area contributed by atoms with Crippen LogP contribution in [0.4, 0.5) is 5.69 Å². The Morgan fingerprint density at radius 2 is 2.04 bits per heavy atom. The zero-order valence-corrected chi connectivity index (χ0v) is 16.0. The fourth-order valence-electron chi connectivity index (χ4n) is 4.03. The van der Waals surface area contributed by atoms with E-state index in [1.807, 2.05) is 12.1 Å². The van der Waals surface area contributed by atoms with E-state index in [2.05, 4.69) is 23.6 Å². The van der Waals surface area contributed by atoms with Gasteiger partial charge >= 0.3 is 0 Å². The van der Waals surface area contributed by atoms with E-state index in [-0.39, 0.29) is 6.23 Å². The van der Waals surface area contributed by atoms with Gasteiger partial charge in [-0.05, 0) is 49.9 Å². The van der Waals surface area contributed by atoms with Crippen molar-refractivity contribution in [3.8, 4) is 0 Å². The minimum atomic E-state index is -0.357. The van der Waals surface area contributed by atoms with Crippen molar-refractivity contribution in [2.75, 3.05) is 38.6 Å². The van der Waals surface area contributed by atoms with E-state index in [0.717, 1.165) is 63.5 Å². The molecule has 2 saturated heterocycles. The summed E-state index contributed by atoms with van der Waals surface area (Å²) in [7, 11) is 0. The molecule has 5 nitrogen and oxygen atoms in total. The maximum atomic E-state index is 10.8. The molecule has 1 aromatic rings. The summed E-state index contributed by atoms with van der Waals surface area (Å²) >= 11 is 6.17. The van der Waals surface area contributed by atoms with Gasteiger partial charge in [0.25, 0.3) is 0 Å². The van der Waals surface area contributed by atoms with Gasteiger partial charge in [0.05, 0.1) is 0 Å². The Kier molecular flexibility index (Phi) is 6.23. The van der Waals surface area contributed by atoms with Gasteiger partial charge in [-0.15, -0.1) is 0 Å². The van der Waals surface area contributed by atoms with Gasteiger partial charge in [-0.2, -0.15) is 0 Å². The van der Waals surface area contributed by atoms with Gasteiger partial charge in [0.2, 0.25) is 0 Å². The van der Waals surface area contributed by atoms with Gasteiger partial charge in [0.1, 0.15) is 6.23 Å². The van der Waals surface area contributed by atoms with Crippen LogP contribution in [-0.2, 0) is 11.3 Å². The van der Waals surface area contributed by atoms with E-state index in [4.69, 9.17) is 22.1 Å². The molecule has 0 aromatic heterocycles. The third-order valence-corrected chi connectivity index (χ3v) is 5.92. The number of benzene rings is 1. The third kappa shape index (κ3) is 4.47. The Morgan fingerprint density at radius 3 is 2.72 bits per heavy atom. The second kappa shape index (κ2) is 8.23. The van der Waals surface area contributed by atoms with Gasteiger partial charge in [0.15, 0.2) is 0 Å². The highest BCUT2D eigenvalue weighted by Gasteiger charge is 2.33. The average Bonchev–Trinajstić information content (AvgIpc) is 2.59. The van der Waals surface area contributed by atoms with Gasteiger partial charge in [-0.1, -0.05) is 11.6 Å². The average molecular weight is 368 g/mol. The molecular weight excluding hydrogens is 338 g/mol. The van der Waals surface area contributed by atoms with Crippen LogP contribution in [0, 0.1) is 12.8 Å². The Morgan fingerprint density at radius 1 is 1.32 bits per heavy atom. The number of anilines is 1. The number of aliphatic hydroxyl groups is 1. The molecule has 0 aliphatic carbocycles. The van der Waals surface area contributed by atoms with Crippen molar-refractivity contribution in [2.45, 2.75) is 45.5 Å². The van der Waals surface area contributed by atoms with Gasteiger partial charge in [0, 0.05) is 62.1 Å². The predicted octanol–water partition coefficient (Wildman–Crippen LogP) is 2.48. The Labute approximate surface area is 155 Å². The van der Waals surface area contributed by atoms with Gasteiger partial charge in [-0.3, -0.25) is 9.80 Å². The van der Waals surface area contributed by atoms with E-state index < -0.39 is 0 Å². The van der Waals surface area contributed by atoms with E-state index >= 15 is 0 Å². The van der Waals surface area contributed by atoms with E-state index in [9.17, 15) is 5.11 Å². The molecule has 6 heteroatoms. The maximum absolute atomic E-state index is 10.8. The van der Waals surface area contributed by atoms with Crippen molar-refractivity contribution in [3.05, 3.63) is 28.3 Å². The molecule has 2 fully saturated rings. The van der Waals surface area contributed by atoms with Crippen molar-refractivity contribution in [3.63, 3.8) is 0 Å². The second-order valence-corrected chi connectivity index (χ2v) is 7.90. The van der Waals surface area contributed by atoms with Crippen molar-refractivity contribution < 1.29 is 9.84 Å². The normalized spacial score (nSPS) is 25.2. The van der Waals surface area contributed by atoms with Crippen LogP contribution in [0.15, 0.2) is 12.1 Å². The number of halogens is 1. The number of hydrogen-bond donors (Lipinski definition) is 2. The minimum absolute atomic E-state index is 0.323. The van der Waals surface area contributed by atoms with Gasteiger partial charge < -0.3 is 15.6 Å². The third-order valence-electron chi connectivity index (χ3n) is 5.70. The Balaban J connectivity index is 1.60. The fourth-order valence-corrected chi connectivity index (χ4v) is 4.28. The molecular formula is C19H30ClN3O2. The first-order chi connectivity index (χ1) is 12.0. The molecule has 2 aliphatic rings. The first kappa shape index (κ1) is 18.9. The molecule has 2 heterocycles. The van der Waals surface area contributed by atoms with Crippen molar-refractivity contribution in [2.24, 2.45) is 5.92 Å². The Bertz CT molecular complexity index is 592. The van der Waals surface area contributed by atoms with E-state index in [1.54, 1.807) is 0 Å². The number of nitrogen functional groups attached to an aromatic ring is 1. The monoisotopic (exact) mass is 367 g/mol. The molecule has 25 heavy (non-hydrogen) atoms. The number of ether oxygens (including phenoxy) is 1. The largest absolute Gasteiger partial charge is 0.398 e. The number of nitrogens with two attached hydrogens (primary N) is 1. The fraction of sp³-hybridized carbons (Fsp3) is 0.684. The maximum Gasteiger partial charge on any atom is 0.110 e. The number of piperazine rings is 1. The highest BCUT2D eigenvalue weighted by atomic mass is 35.5. The summed E-state index contributed by atoms with van der Waals surface area (Å²) in [6, 6.07) is 4.15. The van der Waals surface area contributed by atoms with Crippen molar-refractivity contribution in [1.29, 1.82) is 0 Å². The summed E-state index contributed by atoms with van der Waals surface area (Å²) in [6.45, 7) is 9.40. The molecule has 0 bridgehead atoms. The number of nitrogens with zero attached hydrogens (tertiary/aromatic N) is 2. The number of aliphatic hydroxyl groups excluding tert-OH is 1. The van der Waals surface area contributed by atoms with Crippen molar-refractivity contribution in [1.82, 2.24) is 9.80 Å². The molecule has 3 rings (SSSR count). The summed E-state index contributed by atoms with van der Waals surface area (Å²) in [5, 5.41) is 11.5. The summed E-state index contributed by atoms with van der Waals surface area (Å²) < 4.78 is 5.42. The molecule has 3 N–H and O–H groups in total. The van der Waals surface area contributed by atoms with E-state index in [1.165, 1.54) is 5.56 Å². The molecule has 140 valence electrons. The molecule has 0 amide bonds. The topological polar surface area (TPSA) is 62.0 Å². The quantitative estimate of drug-likeness (QED) is 0.800. The highest BCUT2D eigenvalue weighted by Crippen LogP contribution is 2.27. The number of rotatable bonds is 4. The first-order valence-corrected chi connectivity index (χ1v) is 9.62. The van der Waals surface area contributed by atoms with Crippen LogP contribution < -0.4 is 5.73 Å². The Hall–Kier alpha value is -0.850. The molecule has 2 aliphatic heterocycles. The molecule has 0 radical (unpaired) electrons.